The van der Waals surface area contributed by atoms with E-state index in [1.807, 2.05) is 0 Å². The van der Waals surface area contributed by atoms with Crippen molar-refractivity contribution in [3.8, 4) is 0 Å². The van der Waals surface area contributed by atoms with E-state index in [0.29, 0.717) is 0 Å². The summed E-state index contributed by atoms with van der Waals surface area (Å²) in [5, 5.41) is 0. The molecule has 0 atom stereocenters. The highest BCUT2D eigenvalue weighted by atomic mass is 127. The van der Waals surface area contributed by atoms with Gasteiger partial charge in [0.2, 0.25) is 0 Å². The molecule has 0 N–H and O–H groups in total. The number of benzene rings is 1. The van der Waals surface area contributed by atoms with Crippen LogP contribution in [0.3, 0.4) is 0 Å². The van der Waals surface area contributed by atoms with E-state index in [1.165, 1.54) is 14.7 Å². The molecular weight excluding hydrogens is 294 g/mol. The Hall–Kier alpha value is 0.240. The normalized spacial score (nSPS) is 10.4. The second-order valence-corrected chi connectivity index (χ2v) is 4.61. The molecule has 0 saturated carbocycles. The maximum absolute atomic E-state index is 5.65. The Morgan fingerprint density at radius 2 is 2.15 bits per heavy atom. The van der Waals surface area contributed by atoms with Crippen molar-refractivity contribution in [1.29, 1.82) is 0 Å². The molecule has 0 unspecified atom stereocenters. The van der Waals surface area contributed by atoms with E-state index in [-0.39, 0.29) is 0 Å². The first-order valence-corrected chi connectivity index (χ1v) is 6.22. The van der Waals surface area contributed by atoms with Crippen LogP contribution < -0.4 is 0 Å². The first-order chi connectivity index (χ1) is 6.27. The van der Waals surface area contributed by atoms with E-state index in [9.17, 15) is 0 Å². The van der Waals surface area contributed by atoms with E-state index in [4.69, 9.17) is 11.6 Å². The lowest BCUT2D eigenvalue weighted by Crippen LogP contribution is -1.91. The molecular formula is C11H14ClI. The fourth-order valence-electron chi connectivity index (χ4n) is 1.30. The smallest absolute Gasteiger partial charge is 0.0226 e. The summed E-state index contributed by atoms with van der Waals surface area (Å²) in [6, 6.07) is 6.71. The molecule has 2 heteroatoms. The molecule has 1 aromatic rings. The van der Waals surface area contributed by atoms with Crippen LogP contribution in [0.4, 0.5) is 0 Å². The van der Waals surface area contributed by atoms with Crippen molar-refractivity contribution in [3.05, 3.63) is 32.9 Å². The molecule has 0 aliphatic carbocycles. The van der Waals surface area contributed by atoms with Gasteiger partial charge in [-0.15, -0.1) is 11.6 Å². The van der Waals surface area contributed by atoms with Crippen LogP contribution >= 0.6 is 34.2 Å². The van der Waals surface area contributed by atoms with Crippen molar-refractivity contribution in [2.45, 2.75) is 26.2 Å². The van der Waals surface area contributed by atoms with Gasteiger partial charge in [-0.2, -0.15) is 0 Å². The maximum Gasteiger partial charge on any atom is 0.0226 e. The van der Waals surface area contributed by atoms with Crippen molar-refractivity contribution in [2.24, 2.45) is 0 Å². The molecule has 72 valence electrons. The zero-order valence-electron chi connectivity index (χ0n) is 7.82. The van der Waals surface area contributed by atoms with Crippen molar-refractivity contribution in [1.82, 2.24) is 0 Å². The second-order valence-electron chi connectivity index (χ2n) is 3.07. The van der Waals surface area contributed by atoms with E-state index in [1.54, 1.807) is 0 Å². The molecule has 0 aliphatic heterocycles. The molecule has 13 heavy (non-hydrogen) atoms. The van der Waals surface area contributed by atoms with Crippen LogP contribution in [-0.2, 0) is 12.8 Å². The predicted octanol–water partition coefficient (Wildman–Crippen LogP) is 4.03. The molecule has 1 rings (SSSR count). The lowest BCUT2D eigenvalue weighted by molar-refractivity contribution is 0.925. The quantitative estimate of drug-likeness (QED) is 0.582. The second kappa shape index (κ2) is 5.86. The number of alkyl halides is 1. The van der Waals surface area contributed by atoms with Gasteiger partial charge in [0.1, 0.15) is 0 Å². The zero-order chi connectivity index (χ0) is 9.68. The fourth-order valence-corrected chi connectivity index (χ4v) is 2.40. The molecule has 0 heterocycles. The Balaban J connectivity index is 2.71. The first kappa shape index (κ1) is 11.3. The van der Waals surface area contributed by atoms with Crippen LogP contribution in [0, 0.1) is 3.57 Å². The van der Waals surface area contributed by atoms with Gasteiger partial charge < -0.3 is 0 Å². The van der Waals surface area contributed by atoms with E-state index in [0.717, 1.165) is 25.1 Å². The Bertz CT molecular complexity index is 271. The average molecular weight is 309 g/mol. The van der Waals surface area contributed by atoms with Crippen molar-refractivity contribution >= 4 is 34.2 Å². The maximum atomic E-state index is 5.65. The molecule has 0 amide bonds. The third-order valence-corrected chi connectivity index (χ3v) is 3.37. The van der Waals surface area contributed by atoms with Gasteiger partial charge in [0.15, 0.2) is 0 Å². The third kappa shape index (κ3) is 3.47. The van der Waals surface area contributed by atoms with Gasteiger partial charge in [0.25, 0.3) is 0 Å². The Morgan fingerprint density at radius 1 is 1.38 bits per heavy atom. The Morgan fingerprint density at radius 3 is 2.69 bits per heavy atom. The van der Waals surface area contributed by atoms with Gasteiger partial charge in [-0.3, -0.25) is 0 Å². The molecule has 0 fully saturated rings. The lowest BCUT2D eigenvalue weighted by atomic mass is 10.1. The van der Waals surface area contributed by atoms with Gasteiger partial charge in [-0.1, -0.05) is 19.1 Å². The molecule has 0 saturated heterocycles. The lowest BCUT2D eigenvalue weighted by Gasteiger charge is -2.04. The molecule has 0 aromatic heterocycles. The monoisotopic (exact) mass is 308 g/mol. The van der Waals surface area contributed by atoms with Crippen molar-refractivity contribution in [2.75, 3.05) is 5.88 Å². The number of hydrogen-bond donors (Lipinski definition) is 0. The highest BCUT2D eigenvalue weighted by molar-refractivity contribution is 14.1. The number of halogens is 2. The van der Waals surface area contributed by atoms with Crippen LogP contribution in [0.1, 0.15) is 24.5 Å². The Kier molecular flexibility index (Phi) is 5.10. The van der Waals surface area contributed by atoms with Crippen molar-refractivity contribution < 1.29 is 0 Å². The molecule has 0 spiro atoms. The largest absolute Gasteiger partial charge is 0.127 e. The summed E-state index contributed by atoms with van der Waals surface area (Å²) in [5.74, 6) is 0.756. The van der Waals surface area contributed by atoms with Gasteiger partial charge in [0, 0.05) is 9.45 Å². The molecule has 0 nitrogen and oxygen atoms in total. The summed E-state index contributed by atoms with van der Waals surface area (Å²) < 4.78 is 1.38. The SMILES string of the molecule is CCc1ccc(CCCCl)cc1I. The first-order valence-electron chi connectivity index (χ1n) is 4.61. The van der Waals surface area contributed by atoms with E-state index < -0.39 is 0 Å². The van der Waals surface area contributed by atoms with Crippen LogP contribution in [-0.4, -0.2) is 5.88 Å². The van der Waals surface area contributed by atoms with Crippen LogP contribution in [0.25, 0.3) is 0 Å². The molecule has 0 bridgehead atoms. The standard InChI is InChI=1S/C11H14ClI/c1-2-10-6-5-9(4-3-7-12)8-11(10)13/h5-6,8H,2-4,7H2,1H3. The topological polar surface area (TPSA) is 0 Å². The van der Waals surface area contributed by atoms with Crippen LogP contribution in [0.2, 0.25) is 0 Å². The minimum absolute atomic E-state index is 0.756. The van der Waals surface area contributed by atoms with E-state index in [2.05, 4.69) is 47.7 Å². The highest BCUT2D eigenvalue weighted by Gasteiger charge is 1.99. The molecule has 0 aliphatic rings. The average Bonchev–Trinajstić information content (AvgIpc) is 2.15. The number of aryl methyl sites for hydroxylation is 2. The minimum atomic E-state index is 0.756. The highest BCUT2D eigenvalue weighted by Crippen LogP contribution is 2.16. The van der Waals surface area contributed by atoms with Gasteiger partial charge in [-0.05, 0) is 59.0 Å². The fraction of sp³-hybridized carbons (Fsp3) is 0.455. The summed E-state index contributed by atoms with van der Waals surface area (Å²) in [4.78, 5) is 0. The van der Waals surface area contributed by atoms with Crippen LogP contribution in [0.15, 0.2) is 18.2 Å². The number of rotatable bonds is 4. The summed E-state index contributed by atoms with van der Waals surface area (Å²) in [5.41, 5.74) is 2.84. The summed E-state index contributed by atoms with van der Waals surface area (Å²) in [6.45, 7) is 2.19. The predicted molar refractivity (Wildman–Crippen MR) is 67.6 cm³/mol. The van der Waals surface area contributed by atoms with Gasteiger partial charge >= 0.3 is 0 Å². The minimum Gasteiger partial charge on any atom is -0.127 e. The summed E-state index contributed by atoms with van der Waals surface area (Å²) >= 11 is 8.05. The van der Waals surface area contributed by atoms with E-state index >= 15 is 0 Å². The summed E-state index contributed by atoms with van der Waals surface area (Å²) in [7, 11) is 0. The molecule has 1 aromatic carbocycles. The zero-order valence-corrected chi connectivity index (χ0v) is 10.7. The van der Waals surface area contributed by atoms with Crippen LogP contribution in [0.5, 0.6) is 0 Å². The third-order valence-electron chi connectivity index (χ3n) is 2.10. The number of hydrogen-bond acceptors (Lipinski definition) is 0. The van der Waals surface area contributed by atoms with Gasteiger partial charge in [0.05, 0.1) is 0 Å². The summed E-state index contributed by atoms with van der Waals surface area (Å²) in [6.07, 6.45) is 3.29. The molecule has 0 radical (unpaired) electrons. The van der Waals surface area contributed by atoms with Crippen molar-refractivity contribution in [3.63, 3.8) is 0 Å². The Labute approximate surface area is 98.8 Å². The van der Waals surface area contributed by atoms with Gasteiger partial charge in [-0.25, -0.2) is 0 Å².